The molecule has 0 N–H and O–H groups in total. The Morgan fingerprint density at radius 3 is 3.04 bits per heavy atom. The number of carbonyl (C=O) groups is 1. The van der Waals surface area contributed by atoms with Gasteiger partial charge >= 0.3 is 0 Å². The predicted molar refractivity (Wildman–Crippen MR) is 94.3 cm³/mol. The molecule has 1 fully saturated rings. The van der Waals surface area contributed by atoms with Crippen LogP contribution in [0, 0.1) is 5.82 Å². The lowest BCUT2D eigenvalue weighted by atomic mass is 10.1. The van der Waals surface area contributed by atoms with Crippen LogP contribution < -0.4 is 4.74 Å². The van der Waals surface area contributed by atoms with Crippen molar-refractivity contribution in [2.24, 2.45) is 0 Å². The number of aromatic nitrogens is 1. The van der Waals surface area contributed by atoms with Crippen LogP contribution in [-0.4, -0.2) is 23.3 Å². The maximum absolute atomic E-state index is 14.3. The molecule has 4 nitrogen and oxygen atoms in total. The second kappa shape index (κ2) is 8.34. The standard InChI is InChI=1S/C19H20FNO3S/c1-2-8-25-19-14(4-3-7-21-19)11-23-17-6-5-13(9-16(17)20)15-10-18(15)24-12-22/h3-7,9,12,15,18H,2,8,10-11H2,1H3. The summed E-state index contributed by atoms with van der Waals surface area (Å²) < 4.78 is 24.9. The molecular formula is C19H20FNO3S. The third-order valence-electron chi connectivity index (χ3n) is 4.02. The summed E-state index contributed by atoms with van der Waals surface area (Å²) in [5.74, 6) is 0.885. The first-order chi connectivity index (χ1) is 12.2. The van der Waals surface area contributed by atoms with E-state index in [0.29, 0.717) is 6.47 Å². The van der Waals surface area contributed by atoms with Gasteiger partial charge in [-0.2, -0.15) is 0 Å². The molecule has 1 aromatic heterocycles. The summed E-state index contributed by atoms with van der Waals surface area (Å²) in [6, 6.07) is 8.73. The summed E-state index contributed by atoms with van der Waals surface area (Å²) in [5, 5.41) is 0.924. The lowest BCUT2D eigenvalue weighted by Gasteiger charge is -2.11. The summed E-state index contributed by atoms with van der Waals surface area (Å²) >= 11 is 1.68. The molecule has 0 bridgehead atoms. The highest BCUT2D eigenvalue weighted by molar-refractivity contribution is 7.99. The van der Waals surface area contributed by atoms with Gasteiger partial charge in [-0.25, -0.2) is 9.37 Å². The highest BCUT2D eigenvalue weighted by Gasteiger charge is 2.40. The Balaban J connectivity index is 1.63. The average Bonchev–Trinajstić information content (AvgIpc) is 3.39. The minimum atomic E-state index is -0.402. The maximum atomic E-state index is 14.3. The SMILES string of the molecule is CCCSc1ncccc1COc1ccc(C2CC2OC=O)cc1F. The molecule has 2 atom stereocenters. The molecule has 2 unspecified atom stereocenters. The molecule has 132 valence electrons. The van der Waals surface area contributed by atoms with Gasteiger partial charge in [-0.1, -0.05) is 19.1 Å². The number of pyridine rings is 1. The number of halogens is 1. The van der Waals surface area contributed by atoms with Crippen molar-refractivity contribution in [3.05, 3.63) is 53.5 Å². The Hall–Kier alpha value is -2.08. The second-order valence-electron chi connectivity index (χ2n) is 5.91. The molecule has 0 saturated heterocycles. The Morgan fingerprint density at radius 2 is 2.28 bits per heavy atom. The van der Waals surface area contributed by atoms with E-state index in [4.69, 9.17) is 9.47 Å². The number of carbonyl (C=O) groups excluding carboxylic acids is 1. The molecule has 1 saturated carbocycles. The molecule has 1 heterocycles. The first-order valence-corrected chi connectivity index (χ1v) is 9.29. The molecule has 0 amide bonds. The van der Waals surface area contributed by atoms with Crippen LogP contribution in [0.5, 0.6) is 5.75 Å². The summed E-state index contributed by atoms with van der Waals surface area (Å²) in [6.45, 7) is 2.84. The van der Waals surface area contributed by atoms with Gasteiger partial charge in [0, 0.05) is 17.7 Å². The maximum Gasteiger partial charge on any atom is 0.293 e. The summed E-state index contributed by atoms with van der Waals surface area (Å²) in [6.07, 6.45) is 3.43. The number of ether oxygens (including phenoxy) is 2. The van der Waals surface area contributed by atoms with Crippen LogP contribution in [0.1, 0.15) is 36.8 Å². The smallest absolute Gasteiger partial charge is 0.293 e. The van der Waals surface area contributed by atoms with Crippen LogP contribution in [-0.2, 0) is 16.1 Å². The van der Waals surface area contributed by atoms with E-state index in [1.165, 1.54) is 6.07 Å². The Kier molecular flexibility index (Phi) is 5.91. The van der Waals surface area contributed by atoms with Crippen LogP contribution in [0.25, 0.3) is 0 Å². The molecule has 1 aliphatic rings. The number of hydrogen-bond acceptors (Lipinski definition) is 5. The minimum absolute atomic E-state index is 0.0871. The molecule has 25 heavy (non-hydrogen) atoms. The molecular weight excluding hydrogens is 341 g/mol. The van der Waals surface area contributed by atoms with E-state index in [1.807, 2.05) is 18.2 Å². The van der Waals surface area contributed by atoms with E-state index in [0.717, 1.165) is 34.7 Å². The van der Waals surface area contributed by atoms with Gasteiger partial charge in [-0.15, -0.1) is 11.8 Å². The topological polar surface area (TPSA) is 48.4 Å². The van der Waals surface area contributed by atoms with Crippen molar-refractivity contribution in [3.63, 3.8) is 0 Å². The van der Waals surface area contributed by atoms with E-state index in [1.54, 1.807) is 24.0 Å². The number of thioether (sulfide) groups is 1. The zero-order chi connectivity index (χ0) is 17.6. The van der Waals surface area contributed by atoms with Crippen LogP contribution >= 0.6 is 11.8 Å². The summed E-state index contributed by atoms with van der Waals surface area (Å²) in [7, 11) is 0. The van der Waals surface area contributed by atoms with E-state index < -0.39 is 5.82 Å². The molecule has 0 aliphatic heterocycles. The van der Waals surface area contributed by atoms with Crippen molar-refractivity contribution >= 4 is 18.2 Å². The van der Waals surface area contributed by atoms with Gasteiger partial charge in [-0.05, 0) is 42.4 Å². The number of rotatable bonds is 9. The number of nitrogens with zero attached hydrogens (tertiary/aromatic N) is 1. The fourth-order valence-corrected chi connectivity index (χ4v) is 3.47. The van der Waals surface area contributed by atoms with Crippen molar-refractivity contribution in [1.29, 1.82) is 0 Å². The van der Waals surface area contributed by atoms with Gasteiger partial charge in [0.05, 0.1) is 0 Å². The van der Waals surface area contributed by atoms with E-state index >= 15 is 0 Å². The van der Waals surface area contributed by atoms with Gasteiger partial charge in [0.1, 0.15) is 17.7 Å². The Labute approximate surface area is 150 Å². The zero-order valence-corrected chi connectivity index (χ0v) is 14.8. The molecule has 0 spiro atoms. The van der Waals surface area contributed by atoms with Crippen LogP contribution in [0.3, 0.4) is 0 Å². The van der Waals surface area contributed by atoms with Crippen LogP contribution in [0.15, 0.2) is 41.6 Å². The largest absolute Gasteiger partial charge is 0.486 e. The quantitative estimate of drug-likeness (QED) is 0.491. The highest BCUT2D eigenvalue weighted by Crippen LogP contribution is 2.43. The number of hydrogen-bond donors (Lipinski definition) is 0. The van der Waals surface area contributed by atoms with Crippen molar-refractivity contribution in [1.82, 2.24) is 4.98 Å². The highest BCUT2D eigenvalue weighted by atomic mass is 32.2. The predicted octanol–water partition coefficient (Wildman–Crippen LogP) is 4.33. The fourth-order valence-electron chi connectivity index (χ4n) is 2.63. The van der Waals surface area contributed by atoms with Gasteiger partial charge in [0.25, 0.3) is 6.47 Å². The molecule has 1 aliphatic carbocycles. The molecule has 1 aromatic carbocycles. The third kappa shape index (κ3) is 4.51. The first-order valence-electron chi connectivity index (χ1n) is 8.31. The average molecular weight is 361 g/mol. The molecule has 2 aromatic rings. The molecule has 0 radical (unpaired) electrons. The van der Waals surface area contributed by atoms with Gasteiger partial charge in [-0.3, -0.25) is 4.79 Å². The lowest BCUT2D eigenvalue weighted by Crippen LogP contribution is -2.01. The zero-order valence-electron chi connectivity index (χ0n) is 14.0. The van der Waals surface area contributed by atoms with E-state index in [-0.39, 0.29) is 24.4 Å². The molecule has 3 rings (SSSR count). The van der Waals surface area contributed by atoms with Crippen molar-refractivity contribution in [3.8, 4) is 5.75 Å². The summed E-state index contributed by atoms with van der Waals surface area (Å²) in [5.41, 5.74) is 1.78. The molecule has 6 heteroatoms. The van der Waals surface area contributed by atoms with E-state index in [2.05, 4.69) is 11.9 Å². The van der Waals surface area contributed by atoms with Gasteiger partial charge in [0.2, 0.25) is 0 Å². The van der Waals surface area contributed by atoms with Gasteiger partial charge in [0.15, 0.2) is 11.6 Å². The van der Waals surface area contributed by atoms with Crippen LogP contribution in [0.4, 0.5) is 4.39 Å². The third-order valence-corrected chi connectivity index (χ3v) is 5.28. The minimum Gasteiger partial charge on any atom is -0.486 e. The Morgan fingerprint density at radius 1 is 1.40 bits per heavy atom. The van der Waals surface area contributed by atoms with E-state index in [9.17, 15) is 9.18 Å². The van der Waals surface area contributed by atoms with Gasteiger partial charge < -0.3 is 9.47 Å². The van der Waals surface area contributed by atoms with Crippen molar-refractivity contribution in [2.75, 3.05) is 5.75 Å². The van der Waals surface area contributed by atoms with Crippen LogP contribution in [0.2, 0.25) is 0 Å². The monoisotopic (exact) mass is 361 g/mol. The van der Waals surface area contributed by atoms with Crippen molar-refractivity contribution < 1.29 is 18.7 Å². The number of benzene rings is 1. The Bertz CT molecular complexity index is 740. The second-order valence-corrected chi connectivity index (χ2v) is 6.99. The summed E-state index contributed by atoms with van der Waals surface area (Å²) in [4.78, 5) is 14.7. The van der Waals surface area contributed by atoms with Crippen molar-refractivity contribution in [2.45, 2.75) is 43.4 Å². The lowest BCUT2D eigenvalue weighted by molar-refractivity contribution is -0.129. The first kappa shape index (κ1) is 17.7. The fraction of sp³-hybridized carbons (Fsp3) is 0.368. The normalized spacial score (nSPS) is 18.6.